The van der Waals surface area contributed by atoms with Gasteiger partial charge in [-0.15, -0.1) is 0 Å². The molecular formula is C18H20N2OSi. The minimum absolute atomic E-state index is 0.811. The fourth-order valence-corrected chi connectivity index (χ4v) is 3.69. The molecule has 0 saturated heterocycles. The Morgan fingerprint density at radius 1 is 0.909 bits per heavy atom. The topological polar surface area (TPSA) is 35.0 Å². The van der Waals surface area contributed by atoms with Crippen LogP contribution in [-0.4, -0.2) is 25.2 Å². The number of fused-ring (bicyclic) bond motifs is 1. The van der Waals surface area contributed by atoms with E-state index in [0.717, 1.165) is 27.9 Å². The molecule has 4 heteroatoms. The van der Waals surface area contributed by atoms with E-state index in [1.54, 1.807) is 13.4 Å². The number of hydrogen-bond acceptors (Lipinski definition) is 3. The van der Waals surface area contributed by atoms with E-state index in [2.05, 4.69) is 53.9 Å². The number of hydrogen-bond donors (Lipinski definition) is 0. The molecule has 0 fully saturated rings. The third kappa shape index (κ3) is 2.74. The Balaban J connectivity index is 2.10. The Kier molecular flexibility index (Phi) is 3.70. The summed E-state index contributed by atoms with van der Waals surface area (Å²) in [5, 5.41) is 2.50. The monoisotopic (exact) mass is 308 g/mol. The Morgan fingerprint density at radius 3 is 2.27 bits per heavy atom. The maximum Gasteiger partial charge on any atom is 0.121 e. The van der Waals surface area contributed by atoms with Crippen molar-refractivity contribution < 1.29 is 4.74 Å². The predicted molar refractivity (Wildman–Crippen MR) is 94.5 cm³/mol. The zero-order valence-corrected chi connectivity index (χ0v) is 14.4. The van der Waals surface area contributed by atoms with Crippen molar-refractivity contribution in [1.82, 2.24) is 9.97 Å². The largest absolute Gasteiger partial charge is 0.497 e. The third-order valence-corrected chi connectivity index (χ3v) is 5.93. The van der Waals surface area contributed by atoms with Gasteiger partial charge in [-0.25, -0.2) is 9.97 Å². The molecule has 3 aromatic rings. The van der Waals surface area contributed by atoms with Gasteiger partial charge in [0.05, 0.1) is 26.4 Å². The number of aromatic nitrogens is 2. The zero-order valence-electron chi connectivity index (χ0n) is 13.4. The van der Waals surface area contributed by atoms with Gasteiger partial charge in [-0.1, -0.05) is 49.1 Å². The number of methoxy groups -OCH3 is 1. The third-order valence-electron chi connectivity index (χ3n) is 3.87. The molecule has 0 saturated carbocycles. The minimum atomic E-state index is -1.27. The van der Waals surface area contributed by atoms with Crippen molar-refractivity contribution in [3.05, 3.63) is 48.8 Å². The molecule has 0 atom stereocenters. The summed E-state index contributed by atoms with van der Waals surface area (Å²) in [6.45, 7) is 7.07. The van der Waals surface area contributed by atoms with E-state index >= 15 is 0 Å². The van der Waals surface area contributed by atoms with Gasteiger partial charge in [0, 0.05) is 17.0 Å². The minimum Gasteiger partial charge on any atom is -0.497 e. The van der Waals surface area contributed by atoms with E-state index in [0.29, 0.717) is 0 Å². The molecule has 0 aliphatic heterocycles. The molecular weight excluding hydrogens is 288 g/mol. The zero-order chi connectivity index (χ0) is 15.7. The van der Waals surface area contributed by atoms with E-state index in [-0.39, 0.29) is 0 Å². The molecule has 1 aromatic heterocycles. The smallest absolute Gasteiger partial charge is 0.121 e. The highest BCUT2D eigenvalue weighted by Gasteiger charge is 2.16. The van der Waals surface area contributed by atoms with Gasteiger partial charge in [-0.3, -0.25) is 0 Å². The van der Waals surface area contributed by atoms with Crippen molar-refractivity contribution in [2.24, 2.45) is 0 Å². The SMILES string of the molecule is COc1ccc2c(-c3ccc([Si](C)(C)C)cc3)ncnc2c1. The molecule has 0 aliphatic rings. The van der Waals surface area contributed by atoms with Crippen molar-refractivity contribution in [2.45, 2.75) is 19.6 Å². The fourth-order valence-electron chi connectivity index (χ4n) is 2.52. The second-order valence-corrected chi connectivity index (χ2v) is 11.5. The maximum atomic E-state index is 5.27. The van der Waals surface area contributed by atoms with Crippen LogP contribution in [0.5, 0.6) is 5.75 Å². The summed E-state index contributed by atoms with van der Waals surface area (Å²) in [5.74, 6) is 0.811. The fraction of sp³-hybridized carbons (Fsp3) is 0.222. The van der Waals surface area contributed by atoms with Crippen LogP contribution in [0.3, 0.4) is 0 Å². The second-order valence-electron chi connectivity index (χ2n) is 6.43. The quantitative estimate of drug-likeness (QED) is 0.689. The Labute approximate surface area is 132 Å². The molecule has 0 bridgehead atoms. The van der Waals surface area contributed by atoms with Crippen LogP contribution >= 0.6 is 0 Å². The molecule has 1 heterocycles. The molecule has 0 radical (unpaired) electrons. The average Bonchev–Trinajstić information content (AvgIpc) is 2.53. The Bertz CT molecular complexity index is 807. The molecule has 3 nitrogen and oxygen atoms in total. The van der Waals surface area contributed by atoms with Crippen LogP contribution in [0.4, 0.5) is 0 Å². The van der Waals surface area contributed by atoms with Crippen molar-refractivity contribution in [1.29, 1.82) is 0 Å². The van der Waals surface area contributed by atoms with Gasteiger partial charge in [-0.05, 0) is 12.1 Å². The van der Waals surface area contributed by atoms with E-state index in [1.807, 2.05) is 18.2 Å². The van der Waals surface area contributed by atoms with Crippen molar-refractivity contribution in [2.75, 3.05) is 7.11 Å². The number of benzene rings is 2. The van der Waals surface area contributed by atoms with Gasteiger partial charge < -0.3 is 4.74 Å². The highest BCUT2D eigenvalue weighted by molar-refractivity contribution is 6.88. The van der Waals surface area contributed by atoms with Gasteiger partial charge in [0.15, 0.2) is 0 Å². The second kappa shape index (κ2) is 5.53. The lowest BCUT2D eigenvalue weighted by atomic mass is 10.1. The van der Waals surface area contributed by atoms with Crippen LogP contribution in [-0.2, 0) is 0 Å². The van der Waals surface area contributed by atoms with Crippen LogP contribution in [0.15, 0.2) is 48.8 Å². The van der Waals surface area contributed by atoms with Crippen LogP contribution < -0.4 is 9.92 Å². The normalized spacial score (nSPS) is 11.6. The Morgan fingerprint density at radius 2 is 1.64 bits per heavy atom. The molecule has 22 heavy (non-hydrogen) atoms. The molecule has 0 aliphatic carbocycles. The first-order valence-corrected chi connectivity index (χ1v) is 10.9. The first-order valence-electron chi connectivity index (χ1n) is 7.39. The summed E-state index contributed by atoms with van der Waals surface area (Å²) in [6, 6.07) is 14.7. The number of nitrogens with zero attached hydrogens (tertiary/aromatic N) is 2. The van der Waals surface area contributed by atoms with Crippen LogP contribution in [0.2, 0.25) is 19.6 Å². The summed E-state index contributed by atoms with van der Waals surface area (Å²) < 4.78 is 5.27. The standard InChI is InChI=1S/C18H20N2OSi/c1-21-14-7-10-16-17(11-14)19-12-20-18(16)13-5-8-15(9-6-13)22(2,3)4/h5-12H,1-4H3. The highest BCUT2D eigenvalue weighted by atomic mass is 28.3. The lowest BCUT2D eigenvalue weighted by Crippen LogP contribution is -2.37. The van der Waals surface area contributed by atoms with Gasteiger partial charge in [-0.2, -0.15) is 0 Å². The van der Waals surface area contributed by atoms with Crippen LogP contribution in [0, 0.1) is 0 Å². The van der Waals surface area contributed by atoms with Crippen LogP contribution in [0.1, 0.15) is 0 Å². The number of ether oxygens (including phenoxy) is 1. The van der Waals surface area contributed by atoms with Crippen molar-refractivity contribution >= 4 is 24.2 Å². The first-order chi connectivity index (χ1) is 10.5. The summed E-state index contributed by atoms with van der Waals surface area (Å²) in [6.07, 6.45) is 1.61. The van der Waals surface area contributed by atoms with Gasteiger partial charge in [0.25, 0.3) is 0 Å². The molecule has 0 spiro atoms. The first kappa shape index (κ1) is 14.7. The lowest BCUT2D eigenvalue weighted by Gasteiger charge is -2.16. The summed E-state index contributed by atoms with van der Waals surface area (Å²) >= 11 is 0. The summed E-state index contributed by atoms with van der Waals surface area (Å²) in [7, 11) is 0.393. The predicted octanol–water partition coefficient (Wildman–Crippen LogP) is 3.85. The highest BCUT2D eigenvalue weighted by Crippen LogP contribution is 2.27. The lowest BCUT2D eigenvalue weighted by molar-refractivity contribution is 0.415. The molecule has 0 amide bonds. The average molecular weight is 308 g/mol. The van der Waals surface area contributed by atoms with Crippen molar-refractivity contribution in [3.63, 3.8) is 0 Å². The number of rotatable bonds is 3. The van der Waals surface area contributed by atoms with E-state index in [4.69, 9.17) is 4.74 Å². The molecule has 0 N–H and O–H groups in total. The van der Waals surface area contributed by atoms with Gasteiger partial charge in [0.2, 0.25) is 0 Å². The molecule has 3 rings (SSSR count). The van der Waals surface area contributed by atoms with E-state index < -0.39 is 8.07 Å². The summed E-state index contributed by atoms with van der Waals surface area (Å²) in [4.78, 5) is 8.83. The Hall–Kier alpha value is -2.20. The summed E-state index contributed by atoms with van der Waals surface area (Å²) in [5.41, 5.74) is 2.99. The molecule has 0 unspecified atom stereocenters. The van der Waals surface area contributed by atoms with Gasteiger partial charge >= 0.3 is 0 Å². The van der Waals surface area contributed by atoms with E-state index in [9.17, 15) is 0 Å². The van der Waals surface area contributed by atoms with Crippen LogP contribution in [0.25, 0.3) is 22.2 Å². The van der Waals surface area contributed by atoms with Crippen molar-refractivity contribution in [3.8, 4) is 17.0 Å². The molecule has 112 valence electrons. The van der Waals surface area contributed by atoms with E-state index in [1.165, 1.54) is 5.19 Å². The van der Waals surface area contributed by atoms with Gasteiger partial charge in [0.1, 0.15) is 12.1 Å². The molecule has 2 aromatic carbocycles. The maximum absolute atomic E-state index is 5.27.